The molecule has 0 aliphatic rings. The Hall–Kier alpha value is -2.44. The molecular formula is C12H15N7. The monoisotopic (exact) mass is 257 g/mol. The maximum absolute atomic E-state index is 4.28. The molecule has 7 nitrogen and oxygen atoms in total. The first-order chi connectivity index (χ1) is 9.43. The molecule has 19 heavy (non-hydrogen) atoms. The van der Waals surface area contributed by atoms with Crippen molar-refractivity contribution in [1.29, 1.82) is 0 Å². The summed E-state index contributed by atoms with van der Waals surface area (Å²) in [4.78, 5) is 8.29. The van der Waals surface area contributed by atoms with E-state index in [0.29, 0.717) is 0 Å². The summed E-state index contributed by atoms with van der Waals surface area (Å²) in [5.74, 6) is 0.780. The Morgan fingerprint density at radius 1 is 1.11 bits per heavy atom. The number of aromatic nitrogens is 6. The second kappa shape index (κ2) is 5.47. The van der Waals surface area contributed by atoms with Crippen molar-refractivity contribution >= 4 is 11.5 Å². The molecule has 1 N–H and O–H groups in total. The van der Waals surface area contributed by atoms with Crippen molar-refractivity contribution in [1.82, 2.24) is 29.1 Å². The van der Waals surface area contributed by atoms with E-state index in [9.17, 15) is 0 Å². The van der Waals surface area contributed by atoms with Gasteiger partial charge in [0.15, 0.2) is 5.82 Å². The Morgan fingerprint density at radius 2 is 2.11 bits per heavy atom. The number of anilines is 1. The molecule has 0 saturated heterocycles. The molecule has 7 heteroatoms. The molecule has 0 aliphatic carbocycles. The highest BCUT2D eigenvalue weighted by atomic mass is 15.2. The van der Waals surface area contributed by atoms with Gasteiger partial charge in [-0.2, -0.15) is 0 Å². The maximum Gasteiger partial charge on any atom is 0.203 e. The first-order valence-electron chi connectivity index (χ1n) is 6.27. The van der Waals surface area contributed by atoms with Crippen molar-refractivity contribution in [2.24, 2.45) is 0 Å². The fraction of sp³-hybridized carbons (Fsp3) is 0.333. The zero-order valence-corrected chi connectivity index (χ0v) is 10.5. The molecule has 0 radical (unpaired) electrons. The normalized spacial score (nSPS) is 10.9. The lowest BCUT2D eigenvalue weighted by molar-refractivity contribution is 0.620. The largest absolute Gasteiger partial charge is 0.367 e. The fourth-order valence-electron chi connectivity index (χ4n) is 1.93. The van der Waals surface area contributed by atoms with Gasteiger partial charge in [0.05, 0.1) is 6.33 Å². The third-order valence-electron chi connectivity index (χ3n) is 2.91. The van der Waals surface area contributed by atoms with Crippen LogP contribution in [0.25, 0.3) is 5.65 Å². The van der Waals surface area contributed by atoms with Crippen LogP contribution in [0.1, 0.15) is 12.8 Å². The van der Waals surface area contributed by atoms with Gasteiger partial charge < -0.3 is 9.88 Å². The Kier molecular flexibility index (Phi) is 3.35. The van der Waals surface area contributed by atoms with Crippen LogP contribution in [-0.2, 0) is 6.54 Å². The number of unbranched alkanes of at least 4 members (excludes halogenated alkanes) is 1. The van der Waals surface area contributed by atoms with Crippen LogP contribution < -0.4 is 5.32 Å². The van der Waals surface area contributed by atoms with Gasteiger partial charge in [-0.3, -0.25) is 4.40 Å². The van der Waals surface area contributed by atoms with E-state index in [2.05, 4.69) is 30.0 Å². The van der Waals surface area contributed by atoms with Crippen molar-refractivity contribution in [3.8, 4) is 0 Å². The van der Waals surface area contributed by atoms with Crippen molar-refractivity contribution in [3.05, 3.63) is 37.4 Å². The fourth-order valence-corrected chi connectivity index (χ4v) is 1.93. The molecule has 0 bridgehead atoms. The third kappa shape index (κ3) is 2.70. The van der Waals surface area contributed by atoms with E-state index in [1.807, 2.05) is 23.1 Å². The predicted molar refractivity (Wildman–Crippen MR) is 70.7 cm³/mol. The van der Waals surface area contributed by atoms with Crippen molar-refractivity contribution < 1.29 is 0 Å². The molecule has 0 aromatic carbocycles. The molecule has 0 saturated carbocycles. The molecule has 3 rings (SSSR count). The number of rotatable bonds is 6. The first-order valence-corrected chi connectivity index (χ1v) is 6.27. The SMILES string of the molecule is c1cn(CCCCNc2nccn3cnnc23)cn1. The second-order valence-electron chi connectivity index (χ2n) is 4.27. The minimum atomic E-state index is 0.761. The van der Waals surface area contributed by atoms with Gasteiger partial charge in [-0.15, -0.1) is 10.2 Å². The van der Waals surface area contributed by atoms with E-state index in [1.54, 1.807) is 18.7 Å². The van der Waals surface area contributed by atoms with Crippen LogP contribution >= 0.6 is 0 Å². The van der Waals surface area contributed by atoms with Crippen LogP contribution in [0, 0.1) is 0 Å². The van der Waals surface area contributed by atoms with Crippen LogP contribution in [0.2, 0.25) is 0 Å². The quantitative estimate of drug-likeness (QED) is 0.672. The standard InChI is InChI=1S/C12H15N7/c1(2-6-18-7-4-13-9-18)3-14-11-12-17-16-10-19(12)8-5-15-11/h4-5,7-10H,1-3,6H2,(H,14,15). The highest BCUT2D eigenvalue weighted by Crippen LogP contribution is 2.09. The average Bonchev–Trinajstić information content (AvgIpc) is 3.09. The summed E-state index contributed by atoms with van der Waals surface area (Å²) in [6.07, 6.45) is 13.0. The third-order valence-corrected chi connectivity index (χ3v) is 2.91. The highest BCUT2D eigenvalue weighted by molar-refractivity contribution is 5.61. The Bertz CT molecular complexity index is 628. The van der Waals surface area contributed by atoms with Gasteiger partial charge >= 0.3 is 0 Å². The van der Waals surface area contributed by atoms with Crippen molar-refractivity contribution in [2.45, 2.75) is 19.4 Å². The molecule has 0 aliphatic heterocycles. The van der Waals surface area contributed by atoms with Gasteiger partial charge in [0.1, 0.15) is 6.33 Å². The first kappa shape index (κ1) is 11.6. The Morgan fingerprint density at radius 3 is 3.00 bits per heavy atom. The summed E-state index contributed by atoms with van der Waals surface area (Å²) in [5, 5.41) is 11.2. The van der Waals surface area contributed by atoms with Crippen molar-refractivity contribution in [2.75, 3.05) is 11.9 Å². The van der Waals surface area contributed by atoms with Gasteiger partial charge in [0.25, 0.3) is 0 Å². The van der Waals surface area contributed by atoms with E-state index in [4.69, 9.17) is 0 Å². The number of hydrogen-bond donors (Lipinski definition) is 1. The number of fused-ring (bicyclic) bond motifs is 1. The summed E-state index contributed by atoms with van der Waals surface area (Å²) in [5.41, 5.74) is 0.761. The Balaban J connectivity index is 1.48. The van der Waals surface area contributed by atoms with E-state index in [-0.39, 0.29) is 0 Å². The lowest BCUT2D eigenvalue weighted by atomic mass is 10.3. The van der Waals surface area contributed by atoms with Gasteiger partial charge in [0.2, 0.25) is 5.65 Å². The van der Waals surface area contributed by atoms with Gasteiger partial charge in [0, 0.05) is 37.9 Å². The van der Waals surface area contributed by atoms with Crippen LogP contribution in [-0.4, -0.2) is 35.7 Å². The van der Waals surface area contributed by atoms with Crippen molar-refractivity contribution in [3.63, 3.8) is 0 Å². The number of nitrogens with zero attached hydrogens (tertiary/aromatic N) is 6. The molecule has 3 heterocycles. The number of hydrogen-bond acceptors (Lipinski definition) is 5. The zero-order chi connectivity index (χ0) is 12.9. The summed E-state index contributed by atoms with van der Waals surface area (Å²) in [6, 6.07) is 0. The predicted octanol–water partition coefficient (Wildman–Crippen LogP) is 1.21. The molecule has 98 valence electrons. The lowest BCUT2D eigenvalue weighted by Crippen LogP contribution is -2.06. The van der Waals surface area contributed by atoms with Crippen LogP contribution in [0.5, 0.6) is 0 Å². The second-order valence-corrected chi connectivity index (χ2v) is 4.27. The molecule has 0 amide bonds. The molecule has 0 atom stereocenters. The molecule has 0 unspecified atom stereocenters. The summed E-state index contributed by atoms with van der Waals surface area (Å²) < 4.78 is 3.93. The van der Waals surface area contributed by atoms with Gasteiger partial charge in [-0.1, -0.05) is 0 Å². The Labute approximate surface area is 110 Å². The topological polar surface area (TPSA) is 72.9 Å². The van der Waals surface area contributed by atoms with E-state index >= 15 is 0 Å². The van der Waals surface area contributed by atoms with Gasteiger partial charge in [-0.25, -0.2) is 9.97 Å². The van der Waals surface area contributed by atoms with E-state index in [1.165, 1.54) is 0 Å². The van der Waals surface area contributed by atoms with Crippen LogP contribution in [0.3, 0.4) is 0 Å². The number of nitrogens with one attached hydrogen (secondary N) is 1. The van der Waals surface area contributed by atoms with Crippen LogP contribution in [0.15, 0.2) is 37.4 Å². The lowest BCUT2D eigenvalue weighted by Gasteiger charge is -2.06. The molecule has 3 aromatic heterocycles. The summed E-state index contributed by atoms with van der Waals surface area (Å²) in [7, 11) is 0. The molecule has 3 aromatic rings. The van der Waals surface area contributed by atoms with E-state index < -0.39 is 0 Å². The van der Waals surface area contributed by atoms with E-state index in [0.717, 1.165) is 37.4 Å². The average molecular weight is 257 g/mol. The smallest absolute Gasteiger partial charge is 0.203 e. The van der Waals surface area contributed by atoms with Gasteiger partial charge in [-0.05, 0) is 12.8 Å². The summed E-state index contributed by atoms with van der Waals surface area (Å²) in [6.45, 7) is 1.86. The number of imidazole rings is 1. The minimum absolute atomic E-state index is 0.761. The molecular weight excluding hydrogens is 242 g/mol. The zero-order valence-electron chi connectivity index (χ0n) is 10.5. The van der Waals surface area contributed by atoms with Crippen LogP contribution in [0.4, 0.5) is 5.82 Å². The maximum atomic E-state index is 4.28. The number of aryl methyl sites for hydroxylation is 1. The minimum Gasteiger partial charge on any atom is -0.367 e. The molecule has 0 spiro atoms. The molecule has 0 fully saturated rings. The summed E-state index contributed by atoms with van der Waals surface area (Å²) >= 11 is 0. The highest BCUT2D eigenvalue weighted by Gasteiger charge is 2.03.